The second-order valence-electron chi connectivity index (χ2n) is 2.75. The molecule has 0 bridgehead atoms. The zero-order valence-electron chi connectivity index (χ0n) is 7.12. The fraction of sp³-hybridized carbons (Fsp3) is 0.200. The van der Waals surface area contributed by atoms with Crippen molar-refractivity contribution >= 4 is 0 Å². The summed E-state index contributed by atoms with van der Waals surface area (Å²) in [5.41, 5.74) is 7.48. The molecule has 0 aliphatic heterocycles. The van der Waals surface area contributed by atoms with E-state index in [-0.39, 0.29) is 11.8 Å². The second kappa shape index (κ2) is 3.41. The van der Waals surface area contributed by atoms with E-state index in [2.05, 4.69) is 6.58 Å². The van der Waals surface area contributed by atoms with Crippen molar-refractivity contribution < 1.29 is 5.11 Å². The van der Waals surface area contributed by atoms with Gasteiger partial charge in [0.15, 0.2) is 0 Å². The summed E-state index contributed by atoms with van der Waals surface area (Å²) in [6.45, 7) is 5.44. The van der Waals surface area contributed by atoms with Crippen LogP contribution in [0.3, 0.4) is 0 Å². The maximum Gasteiger partial charge on any atom is 0.118 e. The van der Waals surface area contributed by atoms with Crippen LogP contribution in [-0.2, 0) is 0 Å². The maximum atomic E-state index is 9.35. The molecule has 1 rings (SSSR count). The normalized spacial score (nSPS) is 12.5. The molecule has 0 saturated carbocycles. The Bertz CT molecular complexity index is 294. The molecule has 0 spiro atoms. The number of phenolic OH excluding ortho intramolecular Hbond substituents is 1. The third-order valence-corrected chi connectivity index (χ3v) is 1.96. The molecular weight excluding hydrogens is 150 g/mol. The van der Waals surface area contributed by atoms with E-state index in [0.29, 0.717) is 0 Å². The Morgan fingerprint density at radius 2 is 2.25 bits per heavy atom. The zero-order chi connectivity index (χ0) is 9.14. The van der Waals surface area contributed by atoms with Crippen LogP contribution in [0.15, 0.2) is 30.9 Å². The highest BCUT2D eigenvalue weighted by Crippen LogP contribution is 2.23. The van der Waals surface area contributed by atoms with Gasteiger partial charge < -0.3 is 10.8 Å². The minimum atomic E-state index is -0.197. The van der Waals surface area contributed by atoms with Crippen LogP contribution in [0.25, 0.3) is 0 Å². The monoisotopic (exact) mass is 163 g/mol. The van der Waals surface area contributed by atoms with E-state index in [1.54, 1.807) is 18.2 Å². The molecule has 64 valence electrons. The van der Waals surface area contributed by atoms with E-state index in [9.17, 15) is 5.11 Å². The molecule has 1 aromatic rings. The van der Waals surface area contributed by atoms with E-state index in [1.165, 1.54) is 0 Å². The summed E-state index contributed by atoms with van der Waals surface area (Å²) in [4.78, 5) is 0. The second-order valence-corrected chi connectivity index (χ2v) is 2.75. The topological polar surface area (TPSA) is 46.2 Å². The van der Waals surface area contributed by atoms with Crippen LogP contribution in [0.4, 0.5) is 0 Å². The van der Waals surface area contributed by atoms with Gasteiger partial charge in [-0.3, -0.25) is 0 Å². The molecule has 2 heteroatoms. The van der Waals surface area contributed by atoms with Crippen molar-refractivity contribution in [2.75, 3.05) is 0 Å². The van der Waals surface area contributed by atoms with Gasteiger partial charge in [0, 0.05) is 6.04 Å². The average Bonchev–Trinajstić information content (AvgIpc) is 2.08. The van der Waals surface area contributed by atoms with Gasteiger partial charge in [-0.05, 0) is 24.1 Å². The first-order chi connectivity index (χ1) is 5.66. The van der Waals surface area contributed by atoms with Gasteiger partial charge in [-0.25, -0.2) is 0 Å². The Kier molecular flexibility index (Phi) is 2.51. The van der Waals surface area contributed by atoms with Crippen LogP contribution in [0.2, 0.25) is 0 Å². The lowest BCUT2D eigenvalue weighted by Crippen LogP contribution is -2.07. The first-order valence-electron chi connectivity index (χ1n) is 3.83. The van der Waals surface area contributed by atoms with Crippen LogP contribution in [0, 0.1) is 6.92 Å². The third kappa shape index (κ3) is 1.48. The lowest BCUT2D eigenvalue weighted by Gasteiger charge is -2.10. The van der Waals surface area contributed by atoms with E-state index in [4.69, 9.17) is 5.73 Å². The van der Waals surface area contributed by atoms with E-state index < -0.39 is 0 Å². The molecule has 12 heavy (non-hydrogen) atoms. The predicted octanol–water partition coefficient (Wildman–Crippen LogP) is 1.89. The van der Waals surface area contributed by atoms with Crippen molar-refractivity contribution in [1.29, 1.82) is 0 Å². The quantitative estimate of drug-likeness (QED) is 0.654. The van der Waals surface area contributed by atoms with Crippen molar-refractivity contribution in [3.8, 4) is 5.75 Å². The highest BCUT2D eigenvalue weighted by molar-refractivity contribution is 5.40. The van der Waals surface area contributed by atoms with Crippen LogP contribution in [-0.4, -0.2) is 5.11 Å². The van der Waals surface area contributed by atoms with E-state index in [0.717, 1.165) is 11.1 Å². The number of hydrogen-bond donors (Lipinski definition) is 2. The Labute approximate surface area is 72.3 Å². The van der Waals surface area contributed by atoms with Gasteiger partial charge in [-0.15, -0.1) is 6.58 Å². The Hall–Kier alpha value is -1.28. The van der Waals surface area contributed by atoms with Gasteiger partial charge in [0.1, 0.15) is 5.75 Å². The van der Waals surface area contributed by atoms with Crippen molar-refractivity contribution in [1.82, 2.24) is 0 Å². The minimum Gasteiger partial charge on any atom is -0.508 e. The van der Waals surface area contributed by atoms with Crippen molar-refractivity contribution in [3.05, 3.63) is 42.0 Å². The molecule has 0 heterocycles. The fourth-order valence-electron chi connectivity index (χ4n) is 1.13. The van der Waals surface area contributed by atoms with Gasteiger partial charge in [-0.2, -0.15) is 0 Å². The number of hydrogen-bond acceptors (Lipinski definition) is 2. The average molecular weight is 163 g/mol. The Morgan fingerprint density at radius 3 is 2.83 bits per heavy atom. The Morgan fingerprint density at radius 1 is 1.58 bits per heavy atom. The molecule has 2 nitrogen and oxygen atoms in total. The van der Waals surface area contributed by atoms with Gasteiger partial charge in [0.25, 0.3) is 0 Å². The number of benzene rings is 1. The number of aromatic hydroxyl groups is 1. The zero-order valence-corrected chi connectivity index (χ0v) is 7.12. The smallest absolute Gasteiger partial charge is 0.118 e. The summed E-state index contributed by atoms with van der Waals surface area (Å²) < 4.78 is 0. The third-order valence-electron chi connectivity index (χ3n) is 1.96. The predicted molar refractivity (Wildman–Crippen MR) is 50.0 cm³/mol. The summed E-state index contributed by atoms with van der Waals surface area (Å²) in [5, 5.41) is 9.35. The van der Waals surface area contributed by atoms with Crippen LogP contribution < -0.4 is 5.73 Å². The molecule has 0 saturated heterocycles. The van der Waals surface area contributed by atoms with E-state index in [1.807, 2.05) is 13.0 Å². The summed E-state index contributed by atoms with van der Waals surface area (Å²) in [6.07, 6.45) is 1.65. The molecule has 0 fully saturated rings. The van der Waals surface area contributed by atoms with Crippen LogP contribution >= 0.6 is 0 Å². The van der Waals surface area contributed by atoms with E-state index >= 15 is 0 Å². The minimum absolute atomic E-state index is 0.197. The van der Waals surface area contributed by atoms with Crippen molar-refractivity contribution in [3.63, 3.8) is 0 Å². The molecule has 0 aromatic heterocycles. The molecule has 3 N–H and O–H groups in total. The summed E-state index contributed by atoms with van der Waals surface area (Å²) in [6, 6.07) is 5.12. The van der Waals surface area contributed by atoms with Crippen molar-refractivity contribution in [2.45, 2.75) is 13.0 Å². The van der Waals surface area contributed by atoms with Gasteiger partial charge in [0.05, 0.1) is 0 Å². The summed E-state index contributed by atoms with van der Waals surface area (Å²) in [5.74, 6) is 0.282. The number of phenols is 1. The number of rotatable bonds is 2. The lowest BCUT2D eigenvalue weighted by molar-refractivity contribution is 0.469. The molecule has 1 aromatic carbocycles. The molecular formula is C10H13NO. The largest absolute Gasteiger partial charge is 0.508 e. The highest BCUT2D eigenvalue weighted by atomic mass is 16.3. The van der Waals surface area contributed by atoms with Gasteiger partial charge in [0.2, 0.25) is 0 Å². The first kappa shape index (κ1) is 8.81. The maximum absolute atomic E-state index is 9.35. The SMILES string of the molecule is C=C[C@@H](N)c1cccc(O)c1C. The summed E-state index contributed by atoms with van der Waals surface area (Å²) >= 11 is 0. The molecule has 0 unspecified atom stereocenters. The standard InChI is InChI=1S/C10H13NO/c1-3-9(11)8-5-4-6-10(12)7(8)2/h3-6,9,12H,1,11H2,2H3/t9-/m1/s1. The fourth-order valence-corrected chi connectivity index (χ4v) is 1.13. The first-order valence-corrected chi connectivity index (χ1v) is 3.83. The van der Waals surface area contributed by atoms with Gasteiger partial charge in [-0.1, -0.05) is 18.2 Å². The molecule has 1 atom stereocenters. The molecule has 0 aliphatic rings. The summed E-state index contributed by atoms with van der Waals surface area (Å²) in [7, 11) is 0. The Balaban J connectivity index is 3.15. The molecule has 0 amide bonds. The van der Waals surface area contributed by atoms with Crippen LogP contribution in [0.1, 0.15) is 17.2 Å². The van der Waals surface area contributed by atoms with Crippen molar-refractivity contribution in [2.24, 2.45) is 5.73 Å². The van der Waals surface area contributed by atoms with Gasteiger partial charge >= 0.3 is 0 Å². The highest BCUT2D eigenvalue weighted by Gasteiger charge is 2.06. The number of nitrogens with two attached hydrogens (primary N) is 1. The van der Waals surface area contributed by atoms with Crippen LogP contribution in [0.5, 0.6) is 5.75 Å². The lowest BCUT2D eigenvalue weighted by atomic mass is 10.0. The molecule has 0 aliphatic carbocycles. The molecule has 0 radical (unpaired) electrons.